The molecule has 5 rings (SSSR count). The lowest BCUT2D eigenvalue weighted by Crippen LogP contribution is -2.47. The number of aryl methyl sites for hydroxylation is 1. The molecule has 2 atom stereocenters. The van der Waals surface area contributed by atoms with Crippen molar-refractivity contribution in [3.8, 4) is 5.88 Å². The third-order valence-electron chi connectivity index (χ3n) is 8.30. The van der Waals surface area contributed by atoms with E-state index in [9.17, 15) is 10.2 Å². The summed E-state index contributed by atoms with van der Waals surface area (Å²) in [6.45, 7) is 4.75. The number of hydrogen-bond donors (Lipinski definition) is 2. The van der Waals surface area contributed by atoms with Crippen LogP contribution < -0.4 is 4.74 Å². The van der Waals surface area contributed by atoms with E-state index >= 15 is 0 Å². The van der Waals surface area contributed by atoms with Gasteiger partial charge in [-0.25, -0.2) is 9.97 Å². The van der Waals surface area contributed by atoms with Gasteiger partial charge in [0.1, 0.15) is 11.8 Å². The van der Waals surface area contributed by atoms with E-state index in [1.807, 2.05) is 34.7 Å². The van der Waals surface area contributed by atoms with Crippen LogP contribution in [0, 0.1) is 11.8 Å². The van der Waals surface area contributed by atoms with Crippen LogP contribution >= 0.6 is 11.6 Å². The third-order valence-corrected chi connectivity index (χ3v) is 8.73. The molecule has 2 unspecified atom stereocenters. The van der Waals surface area contributed by atoms with Crippen molar-refractivity contribution in [2.24, 2.45) is 18.9 Å². The Hall–Kier alpha value is -2.23. The maximum absolute atomic E-state index is 12.5. The van der Waals surface area contributed by atoms with E-state index in [2.05, 4.69) is 4.98 Å². The van der Waals surface area contributed by atoms with Gasteiger partial charge in [-0.1, -0.05) is 17.7 Å². The smallest absolute Gasteiger partial charge is 0.218 e. The Balaban J connectivity index is 1.58. The first-order valence-electron chi connectivity index (χ1n) is 13.2. The van der Waals surface area contributed by atoms with Crippen molar-refractivity contribution in [3.63, 3.8) is 0 Å². The van der Waals surface area contributed by atoms with Crippen LogP contribution in [0.2, 0.25) is 5.02 Å². The van der Waals surface area contributed by atoms with Gasteiger partial charge in [-0.15, -0.1) is 0 Å². The topological polar surface area (TPSA) is 92.9 Å². The number of imidazole rings is 1. The highest BCUT2D eigenvalue weighted by molar-refractivity contribution is 6.36. The Kier molecular flexibility index (Phi) is 7.75. The molecular weight excluding hydrogens is 492 g/mol. The second kappa shape index (κ2) is 10.9. The lowest BCUT2D eigenvalue weighted by molar-refractivity contribution is -0.0540. The second-order valence-electron chi connectivity index (χ2n) is 10.5. The molecule has 2 fully saturated rings. The molecule has 2 aromatic heterocycles. The van der Waals surface area contributed by atoms with Gasteiger partial charge in [-0.3, -0.25) is 4.90 Å². The molecule has 9 heteroatoms. The van der Waals surface area contributed by atoms with Crippen LogP contribution in [0.4, 0.5) is 0 Å². The van der Waals surface area contributed by atoms with E-state index in [1.54, 1.807) is 26.6 Å². The average Bonchev–Trinajstić information content (AvgIpc) is 3.36. The first-order chi connectivity index (χ1) is 17.8. The summed E-state index contributed by atoms with van der Waals surface area (Å²) in [5.41, 5.74) is 1.88. The summed E-state index contributed by atoms with van der Waals surface area (Å²) >= 11 is 7.08. The minimum Gasteiger partial charge on any atom is -0.481 e. The van der Waals surface area contributed by atoms with Crippen molar-refractivity contribution >= 4 is 22.5 Å². The van der Waals surface area contributed by atoms with Crippen LogP contribution in [0.3, 0.4) is 0 Å². The van der Waals surface area contributed by atoms with Crippen LogP contribution in [-0.2, 0) is 23.8 Å². The van der Waals surface area contributed by atoms with Gasteiger partial charge in [0.25, 0.3) is 0 Å². The zero-order valence-electron chi connectivity index (χ0n) is 21.9. The van der Waals surface area contributed by atoms with E-state index in [0.29, 0.717) is 29.9 Å². The van der Waals surface area contributed by atoms with E-state index in [1.165, 1.54) is 0 Å². The molecule has 37 heavy (non-hydrogen) atoms. The van der Waals surface area contributed by atoms with E-state index in [-0.39, 0.29) is 5.92 Å². The number of fused-ring (bicyclic) bond motifs is 1. The normalized spacial score (nSPS) is 20.7. The van der Waals surface area contributed by atoms with Crippen LogP contribution in [0.15, 0.2) is 30.7 Å². The summed E-state index contributed by atoms with van der Waals surface area (Å²) in [5.74, 6) is 0.972. The number of methoxy groups -OCH3 is 1. The first-order valence-corrected chi connectivity index (χ1v) is 13.6. The summed E-state index contributed by atoms with van der Waals surface area (Å²) in [5, 5.41) is 24.0. The number of aliphatic hydroxyl groups excluding tert-OH is 1. The number of pyridine rings is 1. The van der Waals surface area contributed by atoms with Gasteiger partial charge in [-0.05, 0) is 62.6 Å². The molecule has 0 amide bonds. The highest BCUT2D eigenvalue weighted by atomic mass is 35.5. The van der Waals surface area contributed by atoms with Gasteiger partial charge in [0.2, 0.25) is 5.88 Å². The standard InChI is InChI=1S/C28H37ClN4O4/c1-18(34)33-10-6-20(7-11-33)28(35,25-16-30-17-32(25)2)21-4-5-24-22(15-21)26(29)23(27(31-24)36-3)14-19-8-12-37-13-9-19/h4-5,15-20,34-35H,6-14H2,1-3H3. The Labute approximate surface area is 223 Å². The molecule has 2 aliphatic heterocycles. The number of aromatic nitrogens is 3. The molecule has 0 saturated carbocycles. The molecule has 0 radical (unpaired) electrons. The summed E-state index contributed by atoms with van der Waals surface area (Å²) in [4.78, 5) is 11.2. The Morgan fingerprint density at radius 2 is 1.95 bits per heavy atom. The molecule has 2 aliphatic rings. The number of piperidine rings is 1. The number of ether oxygens (including phenoxy) is 2. The lowest BCUT2D eigenvalue weighted by atomic mass is 9.73. The molecular formula is C28H37ClN4O4. The van der Waals surface area contributed by atoms with Gasteiger partial charge in [-0.2, -0.15) is 0 Å². The molecule has 4 heterocycles. The number of aliphatic hydroxyl groups is 2. The minimum atomic E-state index is -1.27. The zero-order valence-corrected chi connectivity index (χ0v) is 22.6. The molecule has 3 aromatic rings. The summed E-state index contributed by atoms with van der Waals surface area (Å²) < 4.78 is 13.1. The number of nitrogens with zero attached hydrogens (tertiary/aromatic N) is 4. The van der Waals surface area contributed by atoms with Crippen molar-refractivity contribution in [2.45, 2.75) is 50.9 Å². The van der Waals surface area contributed by atoms with Crippen LogP contribution in [0.25, 0.3) is 10.9 Å². The molecule has 2 saturated heterocycles. The fraction of sp³-hybridized carbons (Fsp3) is 0.571. The van der Waals surface area contributed by atoms with Crippen molar-refractivity contribution in [1.29, 1.82) is 0 Å². The maximum Gasteiger partial charge on any atom is 0.218 e. The fourth-order valence-electron chi connectivity index (χ4n) is 6.07. The Morgan fingerprint density at radius 3 is 2.57 bits per heavy atom. The maximum atomic E-state index is 12.5. The largest absolute Gasteiger partial charge is 0.481 e. The van der Waals surface area contributed by atoms with Crippen LogP contribution in [-0.4, -0.2) is 69.3 Å². The quantitative estimate of drug-likeness (QED) is 0.480. The van der Waals surface area contributed by atoms with Gasteiger partial charge in [0, 0.05) is 50.2 Å². The van der Waals surface area contributed by atoms with Crippen molar-refractivity contribution in [2.75, 3.05) is 33.4 Å². The molecule has 8 nitrogen and oxygen atoms in total. The van der Waals surface area contributed by atoms with E-state index < -0.39 is 11.8 Å². The van der Waals surface area contributed by atoms with Crippen LogP contribution in [0.1, 0.15) is 49.4 Å². The van der Waals surface area contributed by atoms with E-state index in [0.717, 1.165) is 73.0 Å². The Morgan fingerprint density at radius 1 is 1.22 bits per heavy atom. The summed E-state index contributed by atoms with van der Waals surface area (Å²) in [6.07, 6.45) is 7.21. The average molecular weight is 529 g/mol. The molecule has 1 aromatic carbocycles. The Bertz CT molecular complexity index is 1230. The molecule has 0 aliphatic carbocycles. The monoisotopic (exact) mass is 528 g/mol. The van der Waals surface area contributed by atoms with Gasteiger partial charge in [0.15, 0.2) is 0 Å². The van der Waals surface area contributed by atoms with Crippen LogP contribution in [0.5, 0.6) is 5.88 Å². The number of halogens is 1. The third kappa shape index (κ3) is 4.98. The second-order valence-corrected chi connectivity index (χ2v) is 10.9. The minimum absolute atomic E-state index is 0.0537. The molecule has 2 N–H and O–H groups in total. The van der Waals surface area contributed by atoms with E-state index in [4.69, 9.17) is 26.1 Å². The van der Waals surface area contributed by atoms with Gasteiger partial charge < -0.3 is 24.3 Å². The first kappa shape index (κ1) is 26.4. The molecule has 0 spiro atoms. The fourth-order valence-corrected chi connectivity index (χ4v) is 6.38. The van der Waals surface area contributed by atoms with Gasteiger partial charge >= 0.3 is 0 Å². The summed E-state index contributed by atoms with van der Waals surface area (Å²) in [6, 6.07) is 5.85. The van der Waals surface area contributed by atoms with Crippen molar-refractivity contribution in [3.05, 3.63) is 52.6 Å². The SMILES string of the molecule is COc1nc2ccc(C(O)(c3cncn3C)C3CCN(C(C)O)CC3)cc2c(Cl)c1CC1CCOCC1. The van der Waals surface area contributed by atoms with Crippen molar-refractivity contribution in [1.82, 2.24) is 19.4 Å². The lowest BCUT2D eigenvalue weighted by Gasteiger charge is -2.42. The van der Waals surface area contributed by atoms with Gasteiger partial charge in [0.05, 0.1) is 35.9 Å². The molecule has 0 bridgehead atoms. The predicted molar refractivity (Wildman–Crippen MR) is 143 cm³/mol. The number of hydrogen-bond acceptors (Lipinski definition) is 7. The predicted octanol–water partition coefficient (Wildman–Crippen LogP) is 3.89. The van der Waals surface area contributed by atoms with Crippen molar-refractivity contribution < 1.29 is 19.7 Å². The number of benzene rings is 1. The summed E-state index contributed by atoms with van der Waals surface area (Å²) in [7, 11) is 3.54. The highest BCUT2D eigenvalue weighted by Crippen LogP contribution is 2.44. The molecule has 200 valence electrons. The zero-order chi connectivity index (χ0) is 26.2. The highest BCUT2D eigenvalue weighted by Gasteiger charge is 2.44. The number of rotatable bonds is 7. The number of likely N-dealkylation sites (tertiary alicyclic amines) is 1.